The van der Waals surface area contributed by atoms with E-state index in [9.17, 15) is 9.59 Å². The van der Waals surface area contributed by atoms with Crippen molar-refractivity contribution < 1.29 is 14.3 Å². The lowest BCUT2D eigenvalue weighted by Crippen LogP contribution is -2.38. The maximum absolute atomic E-state index is 12.5. The topological polar surface area (TPSA) is 79.5 Å². The first-order valence-corrected chi connectivity index (χ1v) is 8.94. The van der Waals surface area contributed by atoms with Crippen LogP contribution >= 0.6 is 0 Å². The maximum Gasteiger partial charge on any atom is 0.242 e. The number of amides is 2. The largest absolute Gasteiger partial charge is 0.496 e. The molecule has 0 aromatic heterocycles. The number of methoxy groups -OCH3 is 1. The number of nitrogens with one attached hydrogen (secondary N) is 3. The van der Waals surface area contributed by atoms with Gasteiger partial charge in [0.25, 0.3) is 0 Å². The Morgan fingerprint density at radius 2 is 1.70 bits per heavy atom. The first-order chi connectivity index (χ1) is 12.9. The average Bonchev–Trinajstić information content (AvgIpc) is 2.69. The highest BCUT2D eigenvalue weighted by Crippen LogP contribution is 2.24. The molecule has 0 saturated heterocycles. The quantitative estimate of drug-likeness (QED) is 0.668. The lowest BCUT2D eigenvalue weighted by Gasteiger charge is -2.21. The van der Waals surface area contributed by atoms with E-state index in [1.807, 2.05) is 62.4 Å². The third-order valence-electron chi connectivity index (χ3n) is 4.34. The van der Waals surface area contributed by atoms with Crippen LogP contribution in [0.15, 0.2) is 48.5 Å². The Bertz CT molecular complexity index is 774. The van der Waals surface area contributed by atoms with Crippen molar-refractivity contribution in [1.82, 2.24) is 10.6 Å². The van der Waals surface area contributed by atoms with Gasteiger partial charge in [0, 0.05) is 18.3 Å². The molecule has 2 amide bonds. The van der Waals surface area contributed by atoms with Crippen LogP contribution in [0.1, 0.15) is 31.0 Å². The molecule has 0 aliphatic heterocycles. The van der Waals surface area contributed by atoms with Crippen molar-refractivity contribution in [3.63, 3.8) is 0 Å². The summed E-state index contributed by atoms with van der Waals surface area (Å²) in [5, 5.41) is 8.78. The van der Waals surface area contributed by atoms with E-state index in [2.05, 4.69) is 16.0 Å². The molecule has 3 N–H and O–H groups in total. The second-order valence-corrected chi connectivity index (χ2v) is 6.39. The highest BCUT2D eigenvalue weighted by Gasteiger charge is 2.18. The molecular formula is C21H27N3O3. The Hall–Kier alpha value is -3.02. The molecular weight excluding hydrogens is 342 g/mol. The Morgan fingerprint density at radius 1 is 1.04 bits per heavy atom. The predicted molar refractivity (Wildman–Crippen MR) is 107 cm³/mol. The van der Waals surface area contributed by atoms with Crippen LogP contribution in [0.5, 0.6) is 5.75 Å². The van der Waals surface area contributed by atoms with Gasteiger partial charge in [-0.05, 0) is 37.6 Å². The fourth-order valence-corrected chi connectivity index (χ4v) is 2.75. The Labute approximate surface area is 160 Å². The summed E-state index contributed by atoms with van der Waals surface area (Å²) < 4.78 is 5.36. The van der Waals surface area contributed by atoms with Gasteiger partial charge >= 0.3 is 0 Å². The Balaban J connectivity index is 1.94. The van der Waals surface area contributed by atoms with Crippen LogP contribution in [0.2, 0.25) is 0 Å². The zero-order valence-electron chi connectivity index (χ0n) is 16.2. The normalized spacial score (nSPS) is 12.6. The van der Waals surface area contributed by atoms with E-state index >= 15 is 0 Å². The first-order valence-electron chi connectivity index (χ1n) is 8.94. The summed E-state index contributed by atoms with van der Waals surface area (Å²) in [6, 6.07) is 14.5. The van der Waals surface area contributed by atoms with Crippen LogP contribution in [0.3, 0.4) is 0 Å². The summed E-state index contributed by atoms with van der Waals surface area (Å²) in [5.74, 6) is 0.606. The molecule has 144 valence electrons. The predicted octanol–water partition coefficient (Wildman–Crippen LogP) is 2.66. The van der Waals surface area contributed by atoms with E-state index in [-0.39, 0.29) is 17.9 Å². The first kappa shape index (κ1) is 20.3. The van der Waals surface area contributed by atoms with Gasteiger partial charge in [0.05, 0.1) is 19.6 Å². The third-order valence-corrected chi connectivity index (χ3v) is 4.34. The number of ether oxygens (including phenoxy) is 1. The monoisotopic (exact) mass is 369 g/mol. The number of likely N-dealkylation sites (N-methyl/N-ethyl adjacent to an activating group) is 1. The maximum atomic E-state index is 12.5. The Kier molecular flexibility index (Phi) is 7.23. The second-order valence-electron chi connectivity index (χ2n) is 6.39. The number of benzene rings is 2. The number of para-hydroxylation sites is 1. The minimum atomic E-state index is -0.410. The number of carbonyl (C=O) groups is 2. The van der Waals surface area contributed by atoms with Crippen molar-refractivity contribution >= 4 is 17.5 Å². The molecule has 0 aliphatic rings. The molecule has 2 atom stereocenters. The summed E-state index contributed by atoms with van der Waals surface area (Å²) in [6.07, 6.45) is 0.337. The molecule has 0 aliphatic carbocycles. The van der Waals surface area contributed by atoms with E-state index in [1.54, 1.807) is 14.2 Å². The number of carbonyl (C=O) groups excluding carboxylic acids is 2. The number of anilines is 1. The van der Waals surface area contributed by atoms with Gasteiger partial charge in [0.1, 0.15) is 11.8 Å². The molecule has 27 heavy (non-hydrogen) atoms. The minimum absolute atomic E-state index is 0.0335. The SMILES string of the molecule is CNC(=O)Cc1ccc(NC(C)C(=O)NC(C)c2ccccc2OC)cc1. The zero-order chi connectivity index (χ0) is 19.8. The number of rotatable bonds is 8. The molecule has 2 aromatic rings. The number of hydrogen-bond donors (Lipinski definition) is 3. The van der Waals surface area contributed by atoms with Crippen LogP contribution in [0.4, 0.5) is 5.69 Å². The smallest absolute Gasteiger partial charge is 0.242 e. The van der Waals surface area contributed by atoms with Crippen molar-refractivity contribution in [2.75, 3.05) is 19.5 Å². The van der Waals surface area contributed by atoms with Crippen molar-refractivity contribution in [3.8, 4) is 5.75 Å². The van der Waals surface area contributed by atoms with E-state index in [1.165, 1.54) is 0 Å². The molecule has 6 nitrogen and oxygen atoms in total. The van der Waals surface area contributed by atoms with Crippen molar-refractivity contribution in [3.05, 3.63) is 59.7 Å². The summed E-state index contributed by atoms with van der Waals surface area (Å²) >= 11 is 0. The number of hydrogen-bond acceptors (Lipinski definition) is 4. The fraction of sp³-hybridized carbons (Fsp3) is 0.333. The van der Waals surface area contributed by atoms with Gasteiger partial charge in [-0.15, -0.1) is 0 Å². The van der Waals surface area contributed by atoms with Crippen molar-refractivity contribution in [2.45, 2.75) is 32.4 Å². The van der Waals surface area contributed by atoms with Gasteiger partial charge < -0.3 is 20.7 Å². The summed E-state index contributed by atoms with van der Waals surface area (Å²) in [7, 11) is 3.23. The lowest BCUT2D eigenvalue weighted by molar-refractivity contribution is -0.122. The molecule has 2 unspecified atom stereocenters. The molecule has 0 radical (unpaired) electrons. The third kappa shape index (κ3) is 5.74. The van der Waals surface area contributed by atoms with Crippen LogP contribution in [-0.4, -0.2) is 32.0 Å². The van der Waals surface area contributed by atoms with Gasteiger partial charge in [-0.3, -0.25) is 9.59 Å². The van der Waals surface area contributed by atoms with E-state index in [4.69, 9.17) is 4.74 Å². The summed E-state index contributed by atoms with van der Waals surface area (Å²) in [4.78, 5) is 23.9. The van der Waals surface area contributed by atoms with Crippen molar-refractivity contribution in [1.29, 1.82) is 0 Å². The molecule has 2 rings (SSSR count). The average molecular weight is 369 g/mol. The van der Waals surface area contributed by atoms with Gasteiger partial charge in [0.2, 0.25) is 11.8 Å². The van der Waals surface area contributed by atoms with Gasteiger partial charge in [-0.25, -0.2) is 0 Å². The highest BCUT2D eigenvalue weighted by atomic mass is 16.5. The molecule has 0 bridgehead atoms. The van der Waals surface area contributed by atoms with Crippen LogP contribution in [0.25, 0.3) is 0 Å². The molecule has 0 fully saturated rings. The van der Waals surface area contributed by atoms with E-state index < -0.39 is 6.04 Å². The zero-order valence-corrected chi connectivity index (χ0v) is 16.2. The van der Waals surface area contributed by atoms with Gasteiger partial charge in [-0.2, -0.15) is 0 Å². The molecule has 6 heteroatoms. The van der Waals surface area contributed by atoms with Crippen LogP contribution in [-0.2, 0) is 16.0 Å². The fourth-order valence-electron chi connectivity index (χ4n) is 2.75. The summed E-state index contributed by atoms with van der Waals surface area (Å²) in [5.41, 5.74) is 2.67. The van der Waals surface area contributed by atoms with E-state index in [0.717, 1.165) is 22.6 Å². The molecule has 2 aromatic carbocycles. The molecule has 0 saturated carbocycles. The van der Waals surface area contributed by atoms with Gasteiger partial charge in [0.15, 0.2) is 0 Å². The molecule has 0 heterocycles. The minimum Gasteiger partial charge on any atom is -0.496 e. The summed E-state index contributed by atoms with van der Waals surface area (Å²) in [6.45, 7) is 3.73. The highest BCUT2D eigenvalue weighted by molar-refractivity contribution is 5.84. The second kappa shape index (κ2) is 9.62. The Morgan fingerprint density at radius 3 is 2.33 bits per heavy atom. The van der Waals surface area contributed by atoms with E-state index in [0.29, 0.717) is 6.42 Å². The van der Waals surface area contributed by atoms with Crippen LogP contribution < -0.4 is 20.7 Å². The van der Waals surface area contributed by atoms with Crippen molar-refractivity contribution in [2.24, 2.45) is 0 Å². The standard InChI is InChI=1S/C21H27N3O3/c1-14(18-7-5-6-8-19(18)27-4)24-21(26)15(2)23-17-11-9-16(10-12-17)13-20(25)22-3/h5-12,14-15,23H,13H2,1-4H3,(H,22,25)(H,24,26). The van der Waals surface area contributed by atoms with Gasteiger partial charge in [-0.1, -0.05) is 30.3 Å². The lowest BCUT2D eigenvalue weighted by atomic mass is 10.1. The molecule has 0 spiro atoms. The van der Waals surface area contributed by atoms with Crippen LogP contribution in [0, 0.1) is 0 Å².